The smallest absolute Gasteiger partial charge is 0.241 e. The Morgan fingerprint density at radius 1 is 1.32 bits per heavy atom. The van der Waals surface area contributed by atoms with Crippen LogP contribution in [0.5, 0.6) is 0 Å². The molecule has 0 saturated carbocycles. The van der Waals surface area contributed by atoms with Gasteiger partial charge in [0, 0.05) is 16.3 Å². The van der Waals surface area contributed by atoms with Crippen LogP contribution in [0.15, 0.2) is 12.1 Å². The number of aryl methyl sites for hydroxylation is 1. The molecule has 4 heteroatoms. The predicted octanol–water partition coefficient (Wildman–Crippen LogP) is 3.46. The Morgan fingerprint density at radius 2 is 2.11 bits per heavy atom. The van der Waals surface area contributed by atoms with Crippen molar-refractivity contribution in [3.63, 3.8) is 0 Å². The van der Waals surface area contributed by atoms with Crippen LogP contribution >= 0.6 is 11.3 Å². The fourth-order valence-corrected chi connectivity index (χ4v) is 3.53. The number of nitrogens with one attached hydrogen (secondary N) is 1. The van der Waals surface area contributed by atoms with Crippen molar-refractivity contribution in [2.24, 2.45) is 0 Å². The van der Waals surface area contributed by atoms with Gasteiger partial charge in [-0.05, 0) is 31.9 Å². The van der Waals surface area contributed by atoms with Crippen molar-refractivity contribution in [2.45, 2.75) is 58.7 Å². The molecule has 3 nitrogen and oxygen atoms in total. The number of unbranched alkanes of at least 4 members (excludes halogenated alkanes) is 1. The molecule has 1 amide bonds. The van der Waals surface area contributed by atoms with Gasteiger partial charge in [-0.15, -0.1) is 11.3 Å². The lowest BCUT2D eigenvalue weighted by molar-refractivity contribution is -0.130. The SMILES string of the molecule is CCCCN1C(=O)C(CCC)NC1c1ccc(C)s1. The van der Waals surface area contributed by atoms with E-state index in [0.717, 1.165) is 32.2 Å². The minimum absolute atomic E-state index is 0.00858. The summed E-state index contributed by atoms with van der Waals surface area (Å²) in [6.07, 6.45) is 4.27. The number of thiophene rings is 1. The third-order valence-electron chi connectivity index (χ3n) is 3.61. The molecular formula is C15H24N2OS. The summed E-state index contributed by atoms with van der Waals surface area (Å²) in [4.78, 5) is 17.1. The van der Waals surface area contributed by atoms with Gasteiger partial charge in [-0.2, -0.15) is 0 Å². The largest absolute Gasteiger partial charge is 0.321 e. The predicted molar refractivity (Wildman–Crippen MR) is 80.2 cm³/mol. The van der Waals surface area contributed by atoms with Crippen LogP contribution in [-0.2, 0) is 4.79 Å². The minimum Gasteiger partial charge on any atom is -0.321 e. The van der Waals surface area contributed by atoms with Crippen molar-refractivity contribution in [1.29, 1.82) is 0 Å². The van der Waals surface area contributed by atoms with Gasteiger partial charge in [0.25, 0.3) is 0 Å². The molecular weight excluding hydrogens is 256 g/mol. The number of carbonyl (C=O) groups excluding carboxylic acids is 1. The Labute approximate surface area is 120 Å². The summed E-state index contributed by atoms with van der Waals surface area (Å²) in [6.45, 7) is 7.28. The van der Waals surface area contributed by atoms with Crippen molar-refractivity contribution in [1.82, 2.24) is 10.2 Å². The Bertz CT molecular complexity index is 430. The van der Waals surface area contributed by atoms with E-state index >= 15 is 0 Å². The molecule has 2 atom stereocenters. The quantitative estimate of drug-likeness (QED) is 0.865. The number of amides is 1. The molecule has 106 valence electrons. The molecule has 0 aliphatic carbocycles. The molecule has 1 aliphatic rings. The van der Waals surface area contributed by atoms with E-state index in [4.69, 9.17) is 0 Å². The van der Waals surface area contributed by atoms with E-state index < -0.39 is 0 Å². The maximum absolute atomic E-state index is 12.5. The summed E-state index contributed by atoms with van der Waals surface area (Å²) < 4.78 is 0. The first-order valence-corrected chi connectivity index (χ1v) is 8.11. The molecule has 1 N–H and O–H groups in total. The molecule has 0 bridgehead atoms. The van der Waals surface area contributed by atoms with Crippen LogP contribution in [-0.4, -0.2) is 23.4 Å². The monoisotopic (exact) mass is 280 g/mol. The van der Waals surface area contributed by atoms with Crippen molar-refractivity contribution in [3.05, 3.63) is 21.9 Å². The van der Waals surface area contributed by atoms with E-state index in [0.29, 0.717) is 0 Å². The lowest BCUT2D eigenvalue weighted by atomic mass is 10.1. The maximum Gasteiger partial charge on any atom is 0.241 e. The van der Waals surface area contributed by atoms with Gasteiger partial charge in [0.15, 0.2) is 0 Å². The Hall–Kier alpha value is -0.870. The molecule has 1 fully saturated rings. The van der Waals surface area contributed by atoms with Crippen molar-refractivity contribution < 1.29 is 4.79 Å². The average molecular weight is 280 g/mol. The zero-order valence-corrected chi connectivity index (χ0v) is 12.9. The molecule has 1 aromatic rings. The number of nitrogens with zero attached hydrogens (tertiary/aromatic N) is 1. The highest BCUT2D eigenvalue weighted by Gasteiger charge is 2.38. The van der Waals surface area contributed by atoms with Gasteiger partial charge in [-0.1, -0.05) is 26.7 Å². The molecule has 1 aliphatic heterocycles. The first-order chi connectivity index (χ1) is 9.17. The van der Waals surface area contributed by atoms with E-state index in [1.165, 1.54) is 9.75 Å². The second kappa shape index (κ2) is 6.53. The summed E-state index contributed by atoms with van der Waals surface area (Å²) in [6, 6.07) is 4.30. The second-order valence-corrected chi connectivity index (χ2v) is 6.56. The number of rotatable bonds is 6. The highest BCUT2D eigenvalue weighted by Crippen LogP contribution is 2.31. The summed E-state index contributed by atoms with van der Waals surface area (Å²) >= 11 is 1.79. The van der Waals surface area contributed by atoms with Crippen LogP contribution in [0.1, 0.15) is 55.5 Å². The van der Waals surface area contributed by atoms with Gasteiger partial charge in [0.05, 0.1) is 6.04 Å². The summed E-state index contributed by atoms with van der Waals surface area (Å²) in [5, 5.41) is 3.52. The molecule has 1 aromatic heterocycles. The van der Waals surface area contributed by atoms with E-state index in [9.17, 15) is 4.79 Å². The molecule has 0 spiro atoms. The van der Waals surface area contributed by atoms with Gasteiger partial charge in [0.1, 0.15) is 6.17 Å². The van der Waals surface area contributed by atoms with E-state index in [1.54, 1.807) is 11.3 Å². The van der Waals surface area contributed by atoms with Crippen molar-refractivity contribution in [2.75, 3.05) is 6.54 Å². The van der Waals surface area contributed by atoms with Crippen LogP contribution in [0.4, 0.5) is 0 Å². The highest BCUT2D eigenvalue weighted by molar-refractivity contribution is 7.12. The number of hydrogen-bond donors (Lipinski definition) is 1. The molecule has 19 heavy (non-hydrogen) atoms. The van der Waals surface area contributed by atoms with E-state index in [1.807, 2.05) is 4.90 Å². The van der Waals surface area contributed by atoms with Crippen LogP contribution in [0.3, 0.4) is 0 Å². The summed E-state index contributed by atoms with van der Waals surface area (Å²) in [5.74, 6) is 0.284. The maximum atomic E-state index is 12.5. The normalized spacial score (nSPS) is 23.3. The second-order valence-electron chi connectivity index (χ2n) is 5.24. The number of hydrogen-bond acceptors (Lipinski definition) is 3. The van der Waals surface area contributed by atoms with Gasteiger partial charge >= 0.3 is 0 Å². The van der Waals surface area contributed by atoms with Crippen molar-refractivity contribution in [3.8, 4) is 0 Å². The Balaban J connectivity index is 2.16. The third-order valence-corrected chi connectivity index (χ3v) is 4.67. The van der Waals surface area contributed by atoms with Gasteiger partial charge in [-0.25, -0.2) is 0 Å². The van der Waals surface area contributed by atoms with Crippen LogP contribution in [0.25, 0.3) is 0 Å². The van der Waals surface area contributed by atoms with Gasteiger partial charge in [0.2, 0.25) is 5.91 Å². The summed E-state index contributed by atoms with van der Waals surface area (Å²) in [7, 11) is 0. The van der Waals surface area contributed by atoms with Crippen LogP contribution in [0, 0.1) is 6.92 Å². The average Bonchev–Trinajstić information content (AvgIpc) is 2.94. The van der Waals surface area contributed by atoms with Gasteiger partial charge in [-0.3, -0.25) is 10.1 Å². The zero-order chi connectivity index (χ0) is 13.8. The molecule has 0 radical (unpaired) electrons. The molecule has 2 rings (SSSR count). The fourth-order valence-electron chi connectivity index (χ4n) is 2.58. The zero-order valence-electron chi connectivity index (χ0n) is 12.1. The lowest BCUT2D eigenvalue weighted by Crippen LogP contribution is -2.31. The highest BCUT2D eigenvalue weighted by atomic mass is 32.1. The fraction of sp³-hybridized carbons (Fsp3) is 0.667. The van der Waals surface area contributed by atoms with E-state index in [-0.39, 0.29) is 18.1 Å². The topological polar surface area (TPSA) is 32.3 Å². The molecule has 0 aromatic carbocycles. The van der Waals surface area contributed by atoms with Crippen LogP contribution < -0.4 is 5.32 Å². The standard InChI is InChI=1S/C15H24N2OS/c1-4-6-10-17-14(13-9-8-11(3)19-13)16-12(7-5-2)15(17)18/h8-9,12,14,16H,4-7,10H2,1-3H3. The van der Waals surface area contributed by atoms with Crippen molar-refractivity contribution >= 4 is 17.2 Å². The number of carbonyl (C=O) groups is 1. The van der Waals surface area contributed by atoms with E-state index in [2.05, 4.69) is 38.2 Å². The Morgan fingerprint density at radius 3 is 2.68 bits per heavy atom. The lowest BCUT2D eigenvalue weighted by Gasteiger charge is -2.23. The minimum atomic E-state index is 0.00858. The third kappa shape index (κ3) is 3.18. The molecule has 2 unspecified atom stereocenters. The van der Waals surface area contributed by atoms with Crippen LogP contribution in [0.2, 0.25) is 0 Å². The first kappa shape index (κ1) is 14.5. The summed E-state index contributed by atoms with van der Waals surface area (Å²) in [5.41, 5.74) is 0. The molecule has 1 saturated heterocycles. The first-order valence-electron chi connectivity index (χ1n) is 7.30. The van der Waals surface area contributed by atoms with Gasteiger partial charge < -0.3 is 4.90 Å². The Kier molecular flexibility index (Phi) is 4.99. The molecule has 2 heterocycles.